The molecule has 0 unspecified atom stereocenters. The number of allylic oxidation sites excluding steroid dienone is 1. The van der Waals surface area contributed by atoms with Crippen LogP contribution in [-0.4, -0.2) is 30.7 Å². The minimum absolute atomic E-state index is 0. The van der Waals surface area contributed by atoms with Crippen molar-refractivity contribution < 1.29 is 21.5 Å². The molecule has 4 heteroatoms. The van der Waals surface area contributed by atoms with Crippen LogP contribution in [0.4, 0.5) is 0 Å². The molecule has 2 aromatic heterocycles. The van der Waals surface area contributed by atoms with Crippen LogP contribution in [0, 0.1) is 5.92 Å². The van der Waals surface area contributed by atoms with Gasteiger partial charge in [0.15, 0.2) is 0 Å². The monoisotopic (exact) mass is 423 g/mol. The van der Waals surface area contributed by atoms with Crippen molar-refractivity contribution in [2.45, 2.75) is 44.2 Å². The largest absolute Gasteiger partial charge is 1.00 e. The van der Waals surface area contributed by atoms with Gasteiger partial charge in [0.25, 0.3) is 0 Å². The molecule has 1 nitrogen and oxygen atoms in total. The Bertz CT molecular complexity index is 620. The molecule has 0 N–H and O–H groups in total. The summed E-state index contributed by atoms with van der Waals surface area (Å²) in [4.78, 5) is 2.86. The second-order valence-corrected chi connectivity index (χ2v) is 9.53. The van der Waals surface area contributed by atoms with E-state index in [1.54, 1.807) is 0 Å². The van der Waals surface area contributed by atoms with Gasteiger partial charge in [0.05, 0.1) is 26.2 Å². The van der Waals surface area contributed by atoms with Gasteiger partial charge in [-0.05, 0) is 48.1 Å². The Morgan fingerprint density at radius 1 is 1.00 bits per heavy atom. The summed E-state index contributed by atoms with van der Waals surface area (Å²) in [6, 6.07) is 10.6. The van der Waals surface area contributed by atoms with Crippen molar-refractivity contribution in [2.24, 2.45) is 5.92 Å². The maximum atomic E-state index is 2.61. The number of halogens is 1. The van der Waals surface area contributed by atoms with E-state index in [0.29, 0.717) is 0 Å². The predicted molar refractivity (Wildman–Crippen MR) is 102 cm³/mol. The van der Waals surface area contributed by atoms with Crippen LogP contribution in [0.3, 0.4) is 0 Å². The fraction of sp³-hybridized carbons (Fsp3) is 0.500. The highest BCUT2D eigenvalue weighted by Gasteiger charge is 2.45. The van der Waals surface area contributed by atoms with Gasteiger partial charge in [0.2, 0.25) is 0 Å². The van der Waals surface area contributed by atoms with E-state index in [1.165, 1.54) is 51.9 Å². The summed E-state index contributed by atoms with van der Waals surface area (Å²) < 4.78 is 1.26. The Morgan fingerprint density at radius 3 is 2.00 bits per heavy atom. The van der Waals surface area contributed by atoms with E-state index in [4.69, 9.17) is 0 Å². The van der Waals surface area contributed by atoms with E-state index in [9.17, 15) is 0 Å². The Kier molecular flexibility index (Phi) is 5.70. The number of hydrogen-bond acceptors (Lipinski definition) is 2. The molecule has 2 bridgehead atoms. The average molecular weight is 424 g/mol. The van der Waals surface area contributed by atoms with Gasteiger partial charge in [-0.3, -0.25) is 0 Å². The van der Waals surface area contributed by atoms with Gasteiger partial charge in [-0.15, -0.1) is 22.7 Å². The maximum absolute atomic E-state index is 2.61. The Morgan fingerprint density at radius 2 is 1.54 bits per heavy atom. The first-order valence-electron chi connectivity index (χ1n) is 8.77. The molecule has 0 saturated carbocycles. The zero-order valence-electron chi connectivity index (χ0n) is 14.5. The molecule has 24 heavy (non-hydrogen) atoms. The molecule has 0 radical (unpaired) electrons. The van der Waals surface area contributed by atoms with E-state index in [1.807, 2.05) is 22.7 Å². The summed E-state index contributed by atoms with van der Waals surface area (Å²) in [6.07, 6.45) is 9.62. The lowest BCUT2D eigenvalue weighted by molar-refractivity contribution is -0.950. The van der Waals surface area contributed by atoms with Gasteiger partial charge >= 0.3 is 0 Å². The number of hydrogen-bond donors (Lipinski definition) is 0. The van der Waals surface area contributed by atoms with Crippen LogP contribution in [-0.2, 0) is 0 Å². The van der Waals surface area contributed by atoms with Crippen molar-refractivity contribution in [3.8, 4) is 0 Å². The summed E-state index contributed by atoms with van der Waals surface area (Å²) in [5, 5.41) is 4.40. The first-order chi connectivity index (χ1) is 11.1. The van der Waals surface area contributed by atoms with Crippen LogP contribution in [0.25, 0.3) is 5.57 Å². The summed E-state index contributed by atoms with van der Waals surface area (Å²) >= 11 is 3.75. The van der Waals surface area contributed by atoms with E-state index in [2.05, 4.69) is 55.2 Å². The van der Waals surface area contributed by atoms with Crippen LogP contribution >= 0.6 is 22.7 Å². The maximum Gasteiger partial charge on any atom is 0.0894 e. The number of rotatable bonds is 3. The number of thiophene rings is 2. The highest BCUT2D eigenvalue weighted by molar-refractivity contribution is 7.13. The Balaban J connectivity index is 0.00000169. The molecular weight excluding hydrogens is 398 g/mol. The Labute approximate surface area is 164 Å². The van der Waals surface area contributed by atoms with Crippen LogP contribution in [0.2, 0.25) is 0 Å². The first kappa shape index (κ1) is 18.4. The van der Waals surface area contributed by atoms with Crippen molar-refractivity contribution in [3.05, 3.63) is 50.9 Å². The number of piperidine rings is 2. The molecular formula is C20H26BrNS2. The normalized spacial score (nSPS) is 28.0. The summed E-state index contributed by atoms with van der Waals surface area (Å²) in [5.74, 6) is 0.746. The zero-order chi connectivity index (χ0) is 15.9. The third-order valence-corrected chi connectivity index (χ3v) is 7.89. The van der Waals surface area contributed by atoms with Gasteiger partial charge in [-0.1, -0.05) is 18.2 Å². The van der Waals surface area contributed by atoms with Gasteiger partial charge < -0.3 is 21.5 Å². The van der Waals surface area contributed by atoms with E-state index < -0.39 is 0 Å². The van der Waals surface area contributed by atoms with Gasteiger partial charge in [0.1, 0.15) is 0 Å². The molecule has 2 aliphatic rings. The lowest BCUT2D eigenvalue weighted by Crippen LogP contribution is -3.00. The van der Waals surface area contributed by atoms with E-state index in [-0.39, 0.29) is 17.0 Å². The smallest absolute Gasteiger partial charge is 0.0894 e. The standard InChI is InChI=1S/C20H26NS2.BrH/c1-21(2)16-6-3-7-17(21)13-15(12-16)14-18(19-8-4-10-22-19)20-9-5-11-23-20;/h4-5,8-11,14-17H,3,6-7,12-13H2,1-2H3;1H/q+1;/p-1/t15-,16+,17-;. The fourth-order valence-corrected chi connectivity index (χ4v) is 6.24. The molecule has 3 atom stereocenters. The fourth-order valence-electron chi connectivity index (χ4n) is 4.65. The minimum Gasteiger partial charge on any atom is -1.00 e. The highest BCUT2D eigenvalue weighted by atomic mass is 79.9. The highest BCUT2D eigenvalue weighted by Crippen LogP contribution is 2.42. The molecule has 2 saturated heterocycles. The second kappa shape index (κ2) is 7.45. The first-order valence-corrected chi connectivity index (χ1v) is 10.5. The summed E-state index contributed by atoms with van der Waals surface area (Å²) in [5.41, 5.74) is 1.48. The van der Waals surface area contributed by atoms with E-state index in [0.717, 1.165) is 18.0 Å². The van der Waals surface area contributed by atoms with Gasteiger partial charge in [-0.25, -0.2) is 0 Å². The van der Waals surface area contributed by atoms with Crippen LogP contribution in [0.15, 0.2) is 41.1 Å². The topological polar surface area (TPSA) is 0 Å². The van der Waals surface area contributed by atoms with Crippen LogP contribution < -0.4 is 17.0 Å². The lowest BCUT2D eigenvalue weighted by Gasteiger charge is -2.53. The molecule has 0 amide bonds. The molecule has 2 aliphatic heterocycles. The average Bonchev–Trinajstić information content (AvgIpc) is 3.19. The molecule has 4 rings (SSSR count). The van der Waals surface area contributed by atoms with Crippen LogP contribution in [0.5, 0.6) is 0 Å². The third kappa shape index (κ3) is 3.44. The SMILES string of the molecule is C[N+]1(C)[C@@H]2CCC[C@H]1C[C@@H](C=C(c1cccs1)c1cccs1)C2.[Br-]. The van der Waals surface area contributed by atoms with Crippen molar-refractivity contribution in [1.82, 2.24) is 0 Å². The Hall–Kier alpha value is -0.420. The molecule has 2 fully saturated rings. The molecule has 0 aromatic carbocycles. The second-order valence-electron chi connectivity index (χ2n) is 7.63. The molecule has 0 spiro atoms. The van der Waals surface area contributed by atoms with E-state index >= 15 is 0 Å². The van der Waals surface area contributed by atoms with Gasteiger partial charge in [0, 0.05) is 28.2 Å². The summed E-state index contributed by atoms with van der Waals surface area (Å²) in [6.45, 7) is 0. The van der Waals surface area contributed by atoms with Crippen molar-refractivity contribution in [1.29, 1.82) is 0 Å². The molecule has 4 heterocycles. The quantitative estimate of drug-likeness (QED) is 0.665. The number of nitrogens with zero attached hydrogens (tertiary/aromatic N) is 1. The van der Waals surface area contributed by atoms with Crippen molar-refractivity contribution >= 4 is 28.2 Å². The lowest BCUT2D eigenvalue weighted by atomic mass is 9.76. The molecule has 2 aromatic rings. The minimum atomic E-state index is 0. The van der Waals surface area contributed by atoms with Crippen molar-refractivity contribution in [3.63, 3.8) is 0 Å². The number of quaternary nitrogens is 1. The zero-order valence-corrected chi connectivity index (χ0v) is 17.7. The van der Waals surface area contributed by atoms with Crippen molar-refractivity contribution in [2.75, 3.05) is 14.1 Å². The van der Waals surface area contributed by atoms with Gasteiger partial charge in [-0.2, -0.15) is 0 Å². The van der Waals surface area contributed by atoms with Crippen LogP contribution in [0.1, 0.15) is 41.9 Å². The molecule has 130 valence electrons. The third-order valence-electron chi connectivity index (χ3n) is 6.08. The number of fused-ring (bicyclic) bond motifs is 2. The predicted octanol–water partition coefficient (Wildman–Crippen LogP) is 2.65. The molecule has 0 aliphatic carbocycles. The summed E-state index contributed by atoms with van der Waals surface area (Å²) in [7, 11) is 4.93.